The number of rotatable bonds is 5. The second-order valence-electron chi connectivity index (χ2n) is 4.58. The van der Waals surface area contributed by atoms with Crippen LogP contribution < -0.4 is 10.1 Å². The molecular formula is C15H16BrNO2S. The van der Waals surface area contributed by atoms with E-state index in [2.05, 4.69) is 21.2 Å². The van der Waals surface area contributed by atoms with Crippen LogP contribution in [0.3, 0.4) is 0 Å². The Bertz CT molecular complexity index is 595. The average molecular weight is 354 g/mol. The van der Waals surface area contributed by atoms with Gasteiger partial charge in [0.1, 0.15) is 5.75 Å². The van der Waals surface area contributed by atoms with Crippen LogP contribution in [0, 0.1) is 0 Å². The Morgan fingerprint density at radius 3 is 2.80 bits per heavy atom. The monoisotopic (exact) mass is 353 g/mol. The van der Waals surface area contributed by atoms with Gasteiger partial charge in [0.2, 0.25) is 0 Å². The third kappa shape index (κ3) is 4.35. The molecule has 20 heavy (non-hydrogen) atoms. The Kier molecular flexibility index (Phi) is 5.20. The molecule has 5 heteroatoms. The maximum absolute atomic E-state index is 12.1. The molecule has 0 saturated carbocycles. The quantitative estimate of drug-likeness (QED) is 0.873. The average Bonchev–Trinajstić information content (AvgIpc) is 2.81. The summed E-state index contributed by atoms with van der Waals surface area (Å²) in [6.45, 7) is 4.45. The van der Waals surface area contributed by atoms with Crippen molar-refractivity contribution in [3.05, 3.63) is 50.6 Å². The first-order valence-corrected chi connectivity index (χ1v) is 7.94. The van der Waals surface area contributed by atoms with Crippen molar-refractivity contribution in [1.82, 2.24) is 5.32 Å². The van der Waals surface area contributed by atoms with Gasteiger partial charge in [-0.15, -0.1) is 11.3 Å². The van der Waals surface area contributed by atoms with Crippen molar-refractivity contribution in [2.45, 2.75) is 26.5 Å². The molecule has 0 aliphatic heterocycles. The first-order chi connectivity index (χ1) is 9.54. The van der Waals surface area contributed by atoms with Crippen molar-refractivity contribution < 1.29 is 9.53 Å². The number of hydrogen-bond acceptors (Lipinski definition) is 3. The molecule has 1 heterocycles. The fraction of sp³-hybridized carbons (Fsp3) is 0.267. The normalized spacial score (nSPS) is 10.6. The summed E-state index contributed by atoms with van der Waals surface area (Å²) in [6.07, 6.45) is 0.0942. The lowest BCUT2D eigenvalue weighted by Gasteiger charge is -2.10. The van der Waals surface area contributed by atoms with Crippen LogP contribution in [0.2, 0.25) is 0 Å². The van der Waals surface area contributed by atoms with E-state index in [-0.39, 0.29) is 12.0 Å². The number of ether oxygens (including phenoxy) is 1. The summed E-state index contributed by atoms with van der Waals surface area (Å²) in [5.41, 5.74) is 0.610. The first-order valence-electron chi connectivity index (χ1n) is 6.34. The highest BCUT2D eigenvalue weighted by Crippen LogP contribution is 2.22. The van der Waals surface area contributed by atoms with Gasteiger partial charge in [0, 0.05) is 10.4 Å². The minimum atomic E-state index is -0.0938. The molecule has 0 saturated heterocycles. The van der Waals surface area contributed by atoms with Gasteiger partial charge >= 0.3 is 0 Å². The second kappa shape index (κ2) is 6.90. The standard InChI is InChI=1S/C15H16BrNO2S/c1-10(2)19-12-5-3-4-11(8-12)15(18)17-9-13-6-7-14(16)20-13/h3-8,10H,9H2,1-2H3,(H,17,18). The lowest BCUT2D eigenvalue weighted by molar-refractivity contribution is 0.0950. The molecule has 1 aromatic carbocycles. The Hall–Kier alpha value is -1.33. The van der Waals surface area contributed by atoms with Crippen LogP contribution in [0.15, 0.2) is 40.2 Å². The summed E-state index contributed by atoms with van der Waals surface area (Å²) < 4.78 is 6.65. The predicted octanol–water partition coefficient (Wildman–Crippen LogP) is 4.23. The maximum atomic E-state index is 12.1. The van der Waals surface area contributed by atoms with Crippen LogP contribution in [0.1, 0.15) is 29.1 Å². The highest BCUT2D eigenvalue weighted by Gasteiger charge is 2.08. The highest BCUT2D eigenvalue weighted by molar-refractivity contribution is 9.11. The summed E-state index contributed by atoms with van der Waals surface area (Å²) in [5.74, 6) is 0.621. The minimum Gasteiger partial charge on any atom is -0.491 e. The van der Waals surface area contributed by atoms with E-state index < -0.39 is 0 Å². The summed E-state index contributed by atoms with van der Waals surface area (Å²) in [7, 11) is 0. The lowest BCUT2D eigenvalue weighted by atomic mass is 10.2. The molecule has 3 nitrogen and oxygen atoms in total. The van der Waals surface area contributed by atoms with Crippen molar-refractivity contribution in [3.63, 3.8) is 0 Å². The smallest absolute Gasteiger partial charge is 0.251 e. The van der Waals surface area contributed by atoms with Crippen molar-refractivity contribution in [3.8, 4) is 5.75 Å². The highest BCUT2D eigenvalue weighted by atomic mass is 79.9. The van der Waals surface area contributed by atoms with E-state index in [1.54, 1.807) is 23.5 Å². The molecule has 0 spiro atoms. The third-order valence-electron chi connectivity index (χ3n) is 2.52. The Labute approximate surface area is 131 Å². The summed E-state index contributed by atoms with van der Waals surface area (Å²) >= 11 is 5.02. The van der Waals surface area contributed by atoms with Crippen LogP contribution in [0.5, 0.6) is 5.75 Å². The van der Waals surface area contributed by atoms with E-state index in [0.717, 1.165) is 8.66 Å². The summed E-state index contributed by atoms with van der Waals surface area (Å²) in [4.78, 5) is 13.2. The van der Waals surface area contributed by atoms with Crippen molar-refractivity contribution >= 4 is 33.2 Å². The molecule has 106 valence electrons. The van der Waals surface area contributed by atoms with E-state index in [1.165, 1.54) is 0 Å². The molecule has 0 radical (unpaired) electrons. The van der Waals surface area contributed by atoms with E-state index in [0.29, 0.717) is 17.9 Å². The van der Waals surface area contributed by atoms with Gasteiger partial charge in [0.05, 0.1) is 16.4 Å². The van der Waals surface area contributed by atoms with Crippen molar-refractivity contribution in [2.24, 2.45) is 0 Å². The van der Waals surface area contributed by atoms with E-state index in [1.807, 2.05) is 38.1 Å². The van der Waals surface area contributed by atoms with Gasteiger partial charge in [0.25, 0.3) is 5.91 Å². The summed E-state index contributed by atoms with van der Waals surface area (Å²) in [5, 5.41) is 2.90. The molecule has 0 aliphatic carbocycles. The fourth-order valence-electron chi connectivity index (χ4n) is 1.70. The number of nitrogens with one attached hydrogen (secondary N) is 1. The third-order valence-corrected chi connectivity index (χ3v) is 4.14. The van der Waals surface area contributed by atoms with Gasteiger partial charge < -0.3 is 10.1 Å². The number of halogens is 1. The number of thiophene rings is 1. The number of benzene rings is 1. The van der Waals surface area contributed by atoms with Crippen LogP contribution in [0.4, 0.5) is 0 Å². The van der Waals surface area contributed by atoms with Gasteiger partial charge in [0.15, 0.2) is 0 Å². The Balaban J connectivity index is 1.98. The zero-order chi connectivity index (χ0) is 14.5. The first kappa shape index (κ1) is 15.1. The van der Waals surface area contributed by atoms with Crippen LogP contribution in [-0.2, 0) is 6.54 Å². The van der Waals surface area contributed by atoms with Crippen LogP contribution in [0.25, 0.3) is 0 Å². The molecule has 2 aromatic rings. The van der Waals surface area contributed by atoms with Gasteiger partial charge in [-0.3, -0.25) is 4.79 Å². The molecule has 1 N–H and O–H groups in total. The molecule has 1 amide bonds. The van der Waals surface area contributed by atoms with E-state index >= 15 is 0 Å². The van der Waals surface area contributed by atoms with Gasteiger partial charge in [-0.1, -0.05) is 6.07 Å². The van der Waals surface area contributed by atoms with Crippen LogP contribution >= 0.6 is 27.3 Å². The molecule has 0 bridgehead atoms. The lowest BCUT2D eigenvalue weighted by Crippen LogP contribution is -2.22. The Morgan fingerprint density at radius 2 is 2.15 bits per heavy atom. The van der Waals surface area contributed by atoms with Gasteiger partial charge in [-0.05, 0) is 60.1 Å². The molecule has 2 rings (SSSR count). The fourth-order valence-corrected chi connectivity index (χ4v) is 3.12. The van der Waals surface area contributed by atoms with Crippen LogP contribution in [-0.4, -0.2) is 12.0 Å². The largest absolute Gasteiger partial charge is 0.491 e. The zero-order valence-corrected chi connectivity index (χ0v) is 13.8. The predicted molar refractivity (Wildman–Crippen MR) is 85.4 cm³/mol. The number of carbonyl (C=O) groups is 1. The second-order valence-corrected chi connectivity index (χ2v) is 7.13. The molecular weight excluding hydrogens is 338 g/mol. The number of carbonyl (C=O) groups excluding carboxylic acids is 1. The molecule has 1 aromatic heterocycles. The zero-order valence-electron chi connectivity index (χ0n) is 11.4. The topological polar surface area (TPSA) is 38.3 Å². The number of hydrogen-bond donors (Lipinski definition) is 1. The number of amides is 1. The van der Waals surface area contributed by atoms with E-state index in [4.69, 9.17) is 4.74 Å². The van der Waals surface area contributed by atoms with Crippen molar-refractivity contribution in [1.29, 1.82) is 0 Å². The maximum Gasteiger partial charge on any atom is 0.251 e. The molecule has 0 atom stereocenters. The van der Waals surface area contributed by atoms with Gasteiger partial charge in [-0.2, -0.15) is 0 Å². The van der Waals surface area contributed by atoms with Gasteiger partial charge in [-0.25, -0.2) is 0 Å². The van der Waals surface area contributed by atoms with Crippen molar-refractivity contribution in [2.75, 3.05) is 0 Å². The van der Waals surface area contributed by atoms with E-state index in [9.17, 15) is 4.79 Å². The SMILES string of the molecule is CC(C)Oc1cccc(C(=O)NCc2ccc(Br)s2)c1. The molecule has 0 fully saturated rings. The Morgan fingerprint density at radius 1 is 1.35 bits per heavy atom. The molecule has 0 unspecified atom stereocenters. The molecule has 0 aliphatic rings. The summed E-state index contributed by atoms with van der Waals surface area (Å²) in [6, 6.07) is 11.2. The minimum absolute atomic E-state index is 0.0938.